The molecule has 1 N–H and O–H groups in total. The molecule has 4 rings (SSSR count). The number of benzene rings is 4. The summed E-state index contributed by atoms with van der Waals surface area (Å²) in [5, 5.41) is 13.8. The molecule has 0 fully saturated rings. The van der Waals surface area contributed by atoms with Crippen molar-refractivity contribution in [3.63, 3.8) is 0 Å². The molecule has 0 heterocycles. The summed E-state index contributed by atoms with van der Waals surface area (Å²) in [7, 11) is 6.74. The van der Waals surface area contributed by atoms with E-state index in [2.05, 4.69) is 75.7 Å². The molecule has 0 bridgehead atoms. The van der Waals surface area contributed by atoms with Gasteiger partial charge < -0.3 is 9.59 Å². The first kappa shape index (κ1) is 19.6. The molecule has 0 unspecified atom stereocenters. The molecule has 0 aromatic heterocycles. The van der Waals surface area contributed by atoms with E-state index in [0.717, 1.165) is 11.0 Å². The van der Waals surface area contributed by atoms with E-state index in [1.165, 1.54) is 27.1 Å². The van der Waals surface area contributed by atoms with Crippen molar-refractivity contribution in [2.45, 2.75) is 6.54 Å². The molecule has 28 heavy (non-hydrogen) atoms. The maximum Gasteiger partial charge on any atom is 0.335 e. The zero-order valence-corrected chi connectivity index (χ0v) is 16.6. The van der Waals surface area contributed by atoms with Crippen molar-refractivity contribution in [2.24, 2.45) is 0 Å². The molecule has 142 valence electrons. The van der Waals surface area contributed by atoms with E-state index < -0.39 is 5.97 Å². The van der Waals surface area contributed by atoms with Crippen LogP contribution in [0.3, 0.4) is 0 Å². The first-order valence-electron chi connectivity index (χ1n) is 9.33. The summed E-state index contributed by atoms with van der Waals surface area (Å²) < 4.78 is 0.942. The van der Waals surface area contributed by atoms with E-state index in [-0.39, 0.29) is 0 Å². The summed E-state index contributed by atoms with van der Waals surface area (Å²) in [6.07, 6.45) is 0. The normalized spacial score (nSPS) is 11.1. The fourth-order valence-corrected chi connectivity index (χ4v) is 3.33. The van der Waals surface area contributed by atoms with Crippen molar-refractivity contribution in [2.75, 3.05) is 21.1 Å². The van der Waals surface area contributed by atoms with Crippen LogP contribution in [0.2, 0.25) is 0 Å². The third-order valence-corrected chi connectivity index (χ3v) is 4.54. The number of hydrogen-bond acceptors (Lipinski definition) is 1. The van der Waals surface area contributed by atoms with Gasteiger partial charge in [-0.1, -0.05) is 66.7 Å². The Kier molecular flexibility index (Phi) is 5.76. The zero-order valence-electron chi connectivity index (χ0n) is 16.6. The Morgan fingerprint density at radius 2 is 1.21 bits per heavy atom. The summed E-state index contributed by atoms with van der Waals surface area (Å²) in [4.78, 5) is 10.2. The van der Waals surface area contributed by atoms with Gasteiger partial charge in [-0.05, 0) is 39.7 Å². The molecular weight excluding hydrogens is 346 g/mol. The molecule has 0 saturated carbocycles. The molecule has 4 aromatic rings. The number of aromatic carboxylic acids is 1. The smallest absolute Gasteiger partial charge is 0.335 e. The quantitative estimate of drug-likeness (QED) is 0.376. The lowest BCUT2D eigenvalue weighted by Crippen LogP contribution is -2.33. The number of carbonyl (C=O) groups is 1. The molecule has 0 atom stereocenters. The molecule has 0 aliphatic heterocycles. The monoisotopic (exact) mass is 372 g/mol. The number of nitrogens with zero attached hydrogens (tertiary/aromatic N) is 1. The number of carboxylic acids is 1. The lowest BCUT2D eigenvalue weighted by molar-refractivity contribution is -0.883. The fourth-order valence-electron chi connectivity index (χ4n) is 3.33. The van der Waals surface area contributed by atoms with Crippen molar-refractivity contribution >= 4 is 27.5 Å². The van der Waals surface area contributed by atoms with Gasteiger partial charge in [0.2, 0.25) is 0 Å². The van der Waals surface area contributed by atoms with Crippen molar-refractivity contribution < 1.29 is 14.4 Å². The minimum Gasteiger partial charge on any atom is -0.478 e. The van der Waals surface area contributed by atoms with E-state index in [4.69, 9.17) is 5.11 Å². The minimum absolute atomic E-state index is 0.331. The van der Waals surface area contributed by atoms with Gasteiger partial charge >= 0.3 is 5.97 Å². The highest BCUT2D eigenvalue weighted by Gasteiger charge is 2.14. The first-order chi connectivity index (χ1) is 13.3. The highest BCUT2D eigenvalue weighted by molar-refractivity contribution is 6.02. The first-order valence-corrected chi connectivity index (χ1v) is 9.33. The van der Waals surface area contributed by atoms with E-state index in [1.54, 1.807) is 30.3 Å². The molecule has 0 aliphatic carbocycles. The van der Waals surface area contributed by atoms with E-state index >= 15 is 0 Å². The van der Waals surface area contributed by atoms with Gasteiger partial charge in [-0.3, -0.25) is 0 Å². The second-order valence-electron chi connectivity index (χ2n) is 7.92. The maximum atomic E-state index is 10.2. The van der Waals surface area contributed by atoms with Crippen molar-refractivity contribution in [3.8, 4) is 0 Å². The minimum atomic E-state index is -0.879. The number of carboxylic acid groups (broad SMARTS) is 1. The van der Waals surface area contributed by atoms with Crippen molar-refractivity contribution in [1.29, 1.82) is 0 Å². The number of rotatable bonds is 3. The highest BCUT2D eigenvalue weighted by atomic mass is 16.4. The lowest BCUT2D eigenvalue weighted by atomic mass is 9.96. The van der Waals surface area contributed by atoms with Crippen LogP contribution in [0, 0.1) is 0 Å². The number of fused-ring (bicyclic) bond motifs is 2. The van der Waals surface area contributed by atoms with Crippen LogP contribution in [-0.4, -0.2) is 36.7 Å². The van der Waals surface area contributed by atoms with Crippen molar-refractivity contribution in [1.82, 2.24) is 0 Å². The Hall–Kier alpha value is -3.17. The fraction of sp³-hybridized carbons (Fsp3) is 0.160. The molecule has 0 aliphatic rings. The van der Waals surface area contributed by atoms with Crippen LogP contribution < -0.4 is 0 Å². The van der Waals surface area contributed by atoms with Crippen LogP contribution in [0.5, 0.6) is 0 Å². The maximum absolute atomic E-state index is 10.2. The standard InChI is InChI=1S/C18H20N.C7H6O2/c1-19(2,3)13-18-16-10-6-4-8-14(16)12-15-9-5-7-11-17(15)18;8-7(9)6-4-2-1-3-5-6/h4-12H,13H2,1-3H3;1-5H,(H,8,9)/q+1;. The molecule has 4 aromatic carbocycles. The van der Waals surface area contributed by atoms with E-state index in [1.807, 2.05) is 0 Å². The van der Waals surface area contributed by atoms with Gasteiger partial charge in [0.15, 0.2) is 0 Å². The molecular formula is C25H26NO2+. The van der Waals surface area contributed by atoms with Gasteiger partial charge in [0.25, 0.3) is 0 Å². The second kappa shape index (κ2) is 8.24. The third kappa shape index (κ3) is 4.76. The van der Waals surface area contributed by atoms with Crippen LogP contribution >= 0.6 is 0 Å². The molecule has 0 amide bonds. The van der Waals surface area contributed by atoms with Crippen LogP contribution in [0.15, 0.2) is 84.9 Å². The Morgan fingerprint density at radius 1 is 0.750 bits per heavy atom. The average molecular weight is 372 g/mol. The predicted octanol–water partition coefficient (Wildman–Crippen LogP) is 5.58. The van der Waals surface area contributed by atoms with E-state index in [9.17, 15) is 4.79 Å². The molecule has 0 spiro atoms. The van der Waals surface area contributed by atoms with Crippen LogP contribution in [-0.2, 0) is 6.54 Å². The van der Waals surface area contributed by atoms with E-state index in [0.29, 0.717) is 5.56 Å². The molecule has 0 saturated heterocycles. The summed E-state index contributed by atoms with van der Waals surface area (Å²) >= 11 is 0. The van der Waals surface area contributed by atoms with Gasteiger partial charge in [-0.2, -0.15) is 0 Å². The largest absolute Gasteiger partial charge is 0.478 e. The second-order valence-corrected chi connectivity index (χ2v) is 7.92. The molecule has 3 heteroatoms. The van der Waals surface area contributed by atoms with Crippen molar-refractivity contribution in [3.05, 3.63) is 96.1 Å². The van der Waals surface area contributed by atoms with Crippen LogP contribution in [0.4, 0.5) is 0 Å². The van der Waals surface area contributed by atoms with Gasteiger partial charge in [0, 0.05) is 5.56 Å². The Morgan fingerprint density at radius 3 is 1.64 bits per heavy atom. The van der Waals surface area contributed by atoms with Gasteiger partial charge in [0.05, 0.1) is 26.7 Å². The summed E-state index contributed by atoms with van der Waals surface area (Å²) in [5.41, 5.74) is 1.79. The predicted molar refractivity (Wildman–Crippen MR) is 117 cm³/mol. The summed E-state index contributed by atoms with van der Waals surface area (Å²) in [5.74, 6) is -0.879. The summed E-state index contributed by atoms with van der Waals surface area (Å²) in [6.45, 7) is 1.04. The number of quaternary nitrogens is 1. The molecule has 0 radical (unpaired) electrons. The topological polar surface area (TPSA) is 37.3 Å². The van der Waals surface area contributed by atoms with Crippen LogP contribution in [0.25, 0.3) is 21.5 Å². The van der Waals surface area contributed by atoms with Gasteiger partial charge in [0.1, 0.15) is 6.54 Å². The summed E-state index contributed by atoms with van der Waals surface area (Å²) in [6, 6.07) is 28.0. The Bertz CT molecular complexity index is 1040. The van der Waals surface area contributed by atoms with Crippen LogP contribution in [0.1, 0.15) is 15.9 Å². The SMILES string of the molecule is C[N+](C)(C)Cc1c2ccccc2cc2ccccc12.O=C(O)c1ccccc1. The van der Waals surface area contributed by atoms with Gasteiger partial charge in [-0.25, -0.2) is 4.79 Å². The average Bonchev–Trinajstić information content (AvgIpc) is 2.68. The lowest BCUT2D eigenvalue weighted by Gasteiger charge is -2.25. The Labute approximate surface area is 166 Å². The molecule has 3 nitrogen and oxygen atoms in total. The zero-order chi connectivity index (χ0) is 20.1. The third-order valence-electron chi connectivity index (χ3n) is 4.54. The number of hydrogen-bond donors (Lipinski definition) is 1. The van der Waals surface area contributed by atoms with Gasteiger partial charge in [-0.15, -0.1) is 0 Å². The highest BCUT2D eigenvalue weighted by Crippen LogP contribution is 2.29. The Balaban J connectivity index is 0.000000211.